The summed E-state index contributed by atoms with van der Waals surface area (Å²) in [6.45, 7) is 4.72. The Morgan fingerprint density at radius 3 is 2.75 bits per heavy atom. The summed E-state index contributed by atoms with van der Waals surface area (Å²) in [4.78, 5) is 10.0. The average Bonchev–Trinajstić information content (AvgIpc) is 1.66. The lowest BCUT2D eigenvalue weighted by atomic mass is 10.6. The van der Waals surface area contributed by atoms with Crippen molar-refractivity contribution in [1.29, 1.82) is 0 Å². The number of rotatable bonds is 2. The highest BCUT2D eigenvalue weighted by molar-refractivity contribution is 5.66. The largest absolute Gasteiger partial charge is 0.435 e. The molecule has 0 aromatic rings. The number of hydrogen-bond acceptors (Lipinski definition) is 2. The number of esters is 1. The lowest BCUT2D eigenvalue weighted by molar-refractivity contribution is -0.135. The second-order valence-electron chi connectivity index (χ2n) is 1.17. The molecule has 0 heterocycles. The van der Waals surface area contributed by atoms with E-state index in [1.807, 2.05) is 0 Å². The van der Waals surface area contributed by atoms with Crippen molar-refractivity contribution in [2.75, 3.05) is 0 Å². The topological polar surface area (TPSA) is 26.3 Å². The van der Waals surface area contributed by atoms with Gasteiger partial charge in [-0.05, 0) is 6.08 Å². The van der Waals surface area contributed by atoms with E-state index in [0.29, 0.717) is 0 Å². The summed E-state index contributed by atoms with van der Waals surface area (Å²) >= 11 is 0. The van der Waals surface area contributed by atoms with Crippen LogP contribution in [0.15, 0.2) is 25.0 Å². The van der Waals surface area contributed by atoms with Crippen LogP contribution in [-0.4, -0.2) is 5.97 Å². The maximum absolute atomic E-state index is 10.0. The maximum atomic E-state index is 10.0. The zero-order chi connectivity index (χ0) is 6.41. The van der Waals surface area contributed by atoms with Gasteiger partial charge >= 0.3 is 5.97 Å². The first-order valence-electron chi connectivity index (χ1n) is 2.22. The fraction of sp³-hybridized carbons (Fsp3) is 0.167. The van der Waals surface area contributed by atoms with E-state index in [1.54, 1.807) is 6.08 Å². The quantitative estimate of drug-likeness (QED) is 0.305. The van der Waals surface area contributed by atoms with Gasteiger partial charge in [-0.1, -0.05) is 12.7 Å². The van der Waals surface area contributed by atoms with Crippen molar-refractivity contribution in [3.05, 3.63) is 25.0 Å². The molecular weight excluding hydrogens is 104 g/mol. The van der Waals surface area contributed by atoms with Crippen LogP contribution >= 0.6 is 0 Å². The summed E-state index contributed by atoms with van der Waals surface area (Å²) in [5.41, 5.74) is 0. The molecule has 0 aliphatic carbocycles. The third-order valence-electron chi connectivity index (χ3n) is 0.449. The first kappa shape index (κ1) is 6.95. The zero-order valence-corrected chi connectivity index (χ0v) is 4.76. The van der Waals surface area contributed by atoms with Crippen LogP contribution in [0.25, 0.3) is 0 Å². The monoisotopic (exact) mass is 112 g/mol. The van der Waals surface area contributed by atoms with Gasteiger partial charge in [0.15, 0.2) is 0 Å². The first-order valence-corrected chi connectivity index (χ1v) is 2.22. The molecule has 0 saturated carbocycles. The third-order valence-corrected chi connectivity index (χ3v) is 0.449. The number of hydrogen-bond donors (Lipinski definition) is 0. The van der Waals surface area contributed by atoms with E-state index in [9.17, 15) is 4.79 Å². The van der Waals surface area contributed by atoms with E-state index in [1.165, 1.54) is 19.3 Å². The predicted molar refractivity (Wildman–Crippen MR) is 31.1 cm³/mol. The smallest absolute Gasteiger partial charge is 0.307 e. The van der Waals surface area contributed by atoms with Gasteiger partial charge in [-0.15, -0.1) is 0 Å². The molecule has 0 atom stereocenters. The van der Waals surface area contributed by atoms with Crippen LogP contribution < -0.4 is 0 Å². The summed E-state index contributed by atoms with van der Waals surface area (Å²) in [5.74, 6) is -0.317. The molecule has 0 amide bonds. The van der Waals surface area contributed by atoms with Crippen LogP contribution in [0.2, 0.25) is 0 Å². The minimum absolute atomic E-state index is 0.317. The third kappa shape index (κ3) is 4.95. The van der Waals surface area contributed by atoms with Crippen LogP contribution in [0, 0.1) is 0 Å². The van der Waals surface area contributed by atoms with Crippen LogP contribution in [0.5, 0.6) is 0 Å². The Bertz CT molecular complexity index is 114. The Hall–Kier alpha value is -1.05. The molecule has 0 N–H and O–H groups in total. The van der Waals surface area contributed by atoms with Gasteiger partial charge < -0.3 is 4.74 Å². The standard InChI is InChI=1S/C6H8O2/c1-3-4-5-8-6(2)7/h3-5H,1H2,2H3/b5-4+. The Labute approximate surface area is 48.5 Å². The molecule has 0 fully saturated rings. The molecule has 0 spiro atoms. The normalized spacial score (nSPS) is 9.12. The van der Waals surface area contributed by atoms with Gasteiger partial charge in [0.1, 0.15) is 0 Å². The highest BCUT2D eigenvalue weighted by Gasteiger charge is 1.80. The summed E-state index contributed by atoms with van der Waals surface area (Å²) in [7, 11) is 0. The molecule has 0 saturated heterocycles. The van der Waals surface area contributed by atoms with E-state index >= 15 is 0 Å². The molecule has 0 radical (unpaired) electrons. The Morgan fingerprint density at radius 2 is 2.38 bits per heavy atom. The zero-order valence-electron chi connectivity index (χ0n) is 4.76. The minimum atomic E-state index is -0.317. The molecule has 0 aliphatic rings. The Morgan fingerprint density at radius 1 is 1.75 bits per heavy atom. The molecular formula is C6H8O2. The number of allylic oxidation sites excluding steroid dienone is 2. The molecule has 2 nitrogen and oxygen atoms in total. The molecule has 2 heteroatoms. The minimum Gasteiger partial charge on any atom is -0.435 e. The van der Waals surface area contributed by atoms with Crippen molar-refractivity contribution in [2.45, 2.75) is 6.92 Å². The SMILES string of the molecule is C=C/C=C/OC(C)=O. The summed E-state index contributed by atoms with van der Waals surface area (Å²) in [5, 5.41) is 0. The van der Waals surface area contributed by atoms with Crippen molar-refractivity contribution in [3.63, 3.8) is 0 Å². The van der Waals surface area contributed by atoms with Crippen molar-refractivity contribution in [2.24, 2.45) is 0 Å². The second-order valence-corrected chi connectivity index (χ2v) is 1.17. The Kier molecular flexibility index (Phi) is 3.58. The highest BCUT2D eigenvalue weighted by Crippen LogP contribution is 1.77. The van der Waals surface area contributed by atoms with Crippen molar-refractivity contribution < 1.29 is 9.53 Å². The van der Waals surface area contributed by atoms with Crippen LogP contribution in [0.1, 0.15) is 6.92 Å². The van der Waals surface area contributed by atoms with Crippen LogP contribution in [0.4, 0.5) is 0 Å². The molecule has 8 heavy (non-hydrogen) atoms. The second kappa shape index (κ2) is 4.12. The van der Waals surface area contributed by atoms with Gasteiger partial charge in [0.2, 0.25) is 0 Å². The van der Waals surface area contributed by atoms with Gasteiger partial charge in [0, 0.05) is 6.92 Å². The fourth-order valence-electron chi connectivity index (χ4n) is 0.191. The van der Waals surface area contributed by atoms with E-state index in [2.05, 4.69) is 11.3 Å². The Balaban J connectivity index is 3.29. The lowest BCUT2D eigenvalue weighted by Gasteiger charge is -1.85. The van der Waals surface area contributed by atoms with E-state index in [0.717, 1.165) is 0 Å². The molecule has 0 bridgehead atoms. The van der Waals surface area contributed by atoms with Gasteiger partial charge in [-0.2, -0.15) is 0 Å². The van der Waals surface area contributed by atoms with Crippen molar-refractivity contribution >= 4 is 5.97 Å². The lowest BCUT2D eigenvalue weighted by Crippen LogP contribution is -1.88. The predicted octanol–water partition coefficient (Wildman–Crippen LogP) is 1.25. The average molecular weight is 112 g/mol. The van der Waals surface area contributed by atoms with Gasteiger partial charge in [0.05, 0.1) is 6.26 Å². The van der Waals surface area contributed by atoms with E-state index < -0.39 is 0 Å². The van der Waals surface area contributed by atoms with Crippen molar-refractivity contribution in [3.8, 4) is 0 Å². The van der Waals surface area contributed by atoms with Crippen molar-refractivity contribution in [1.82, 2.24) is 0 Å². The van der Waals surface area contributed by atoms with E-state index in [-0.39, 0.29) is 5.97 Å². The molecule has 0 aromatic heterocycles. The molecule has 44 valence electrons. The highest BCUT2D eigenvalue weighted by atomic mass is 16.5. The van der Waals surface area contributed by atoms with Gasteiger partial charge in [-0.3, -0.25) is 4.79 Å². The van der Waals surface area contributed by atoms with E-state index in [4.69, 9.17) is 0 Å². The summed E-state index contributed by atoms with van der Waals surface area (Å²) < 4.78 is 4.39. The summed E-state index contributed by atoms with van der Waals surface area (Å²) in [6.07, 6.45) is 4.36. The number of ether oxygens (including phenoxy) is 1. The number of carbonyl (C=O) groups excluding carboxylic acids is 1. The van der Waals surface area contributed by atoms with Gasteiger partial charge in [0.25, 0.3) is 0 Å². The fourth-order valence-corrected chi connectivity index (χ4v) is 0.191. The van der Waals surface area contributed by atoms with Gasteiger partial charge in [-0.25, -0.2) is 0 Å². The molecule has 0 aliphatic heterocycles. The van der Waals surface area contributed by atoms with Crippen LogP contribution in [-0.2, 0) is 9.53 Å². The summed E-state index contributed by atoms with van der Waals surface area (Å²) in [6, 6.07) is 0. The maximum Gasteiger partial charge on any atom is 0.307 e. The number of carbonyl (C=O) groups is 1. The molecule has 0 aromatic carbocycles. The van der Waals surface area contributed by atoms with Crippen LogP contribution in [0.3, 0.4) is 0 Å². The molecule has 0 rings (SSSR count). The molecule has 0 unspecified atom stereocenters. The first-order chi connectivity index (χ1) is 3.77.